The van der Waals surface area contributed by atoms with E-state index in [-0.39, 0.29) is 29.0 Å². The fraction of sp³-hybridized carbons (Fsp3) is 0.320. The van der Waals surface area contributed by atoms with Gasteiger partial charge in [-0.25, -0.2) is 4.79 Å². The molecule has 0 spiro atoms. The summed E-state index contributed by atoms with van der Waals surface area (Å²) in [5.74, 6) is -0.259. The SMILES string of the molecule is COC(=O)c1ccccc1NC(=O)CSc1nnc([C@H](CC(C)C)NC(=O)c2ccccc2Cl)n1C. The minimum absolute atomic E-state index is 0.0440. The molecule has 36 heavy (non-hydrogen) atoms. The molecule has 9 nitrogen and oxygen atoms in total. The molecule has 0 radical (unpaired) electrons. The van der Waals surface area contributed by atoms with Gasteiger partial charge in [0.1, 0.15) is 0 Å². The molecule has 0 aliphatic heterocycles. The number of para-hydroxylation sites is 1. The topological polar surface area (TPSA) is 115 Å². The van der Waals surface area contributed by atoms with Gasteiger partial charge in [0.2, 0.25) is 5.91 Å². The Morgan fingerprint density at radius 2 is 1.72 bits per heavy atom. The van der Waals surface area contributed by atoms with Crippen LogP contribution in [0.4, 0.5) is 5.69 Å². The molecule has 0 saturated carbocycles. The predicted molar refractivity (Wildman–Crippen MR) is 139 cm³/mol. The zero-order valence-corrected chi connectivity index (χ0v) is 22.0. The smallest absolute Gasteiger partial charge is 0.339 e. The Hall–Kier alpha value is -3.37. The van der Waals surface area contributed by atoms with E-state index in [1.807, 2.05) is 0 Å². The van der Waals surface area contributed by atoms with Gasteiger partial charge in [-0.3, -0.25) is 9.59 Å². The number of nitrogens with one attached hydrogen (secondary N) is 2. The summed E-state index contributed by atoms with van der Waals surface area (Å²) in [4.78, 5) is 37.4. The molecule has 0 fully saturated rings. The number of anilines is 1. The highest BCUT2D eigenvalue weighted by atomic mass is 35.5. The van der Waals surface area contributed by atoms with Crippen LogP contribution in [-0.2, 0) is 16.6 Å². The molecule has 0 unspecified atom stereocenters. The first-order valence-corrected chi connectivity index (χ1v) is 12.6. The number of methoxy groups -OCH3 is 1. The van der Waals surface area contributed by atoms with Gasteiger partial charge < -0.3 is 19.9 Å². The Kier molecular flexibility index (Phi) is 9.49. The average molecular weight is 530 g/mol. The maximum Gasteiger partial charge on any atom is 0.339 e. The summed E-state index contributed by atoms with van der Waals surface area (Å²) in [5, 5.41) is 15.2. The zero-order chi connectivity index (χ0) is 26.2. The maximum absolute atomic E-state index is 12.9. The third kappa shape index (κ3) is 6.86. The largest absolute Gasteiger partial charge is 0.465 e. The molecular formula is C25H28ClN5O4S. The number of aromatic nitrogens is 3. The summed E-state index contributed by atoms with van der Waals surface area (Å²) in [6, 6.07) is 13.1. The first-order chi connectivity index (χ1) is 17.2. The van der Waals surface area contributed by atoms with Gasteiger partial charge in [-0.15, -0.1) is 10.2 Å². The summed E-state index contributed by atoms with van der Waals surface area (Å²) in [7, 11) is 3.07. The van der Waals surface area contributed by atoms with E-state index >= 15 is 0 Å². The molecule has 1 aromatic heterocycles. The monoisotopic (exact) mass is 529 g/mol. The molecular weight excluding hydrogens is 502 g/mol. The standard InChI is InChI=1S/C25H28ClN5O4S/c1-15(2)13-20(28-23(33)16-9-5-7-11-18(16)26)22-29-30-25(31(22)3)36-14-21(32)27-19-12-8-6-10-17(19)24(34)35-4/h5-12,15,20H,13-14H2,1-4H3,(H,27,32)(H,28,33)/t20-/m0/s1. The number of nitrogens with zero attached hydrogens (tertiary/aromatic N) is 3. The van der Waals surface area contributed by atoms with Crippen molar-refractivity contribution in [2.24, 2.45) is 13.0 Å². The molecule has 0 aliphatic rings. The number of esters is 1. The normalized spacial score (nSPS) is 11.7. The van der Waals surface area contributed by atoms with Crippen LogP contribution in [0.1, 0.15) is 52.9 Å². The number of benzene rings is 2. The van der Waals surface area contributed by atoms with Gasteiger partial charge in [-0.2, -0.15) is 0 Å². The van der Waals surface area contributed by atoms with Crippen LogP contribution in [0.15, 0.2) is 53.7 Å². The third-order valence-corrected chi connectivity index (χ3v) is 6.60. The van der Waals surface area contributed by atoms with E-state index in [1.54, 1.807) is 60.1 Å². The minimum atomic E-state index is -0.536. The summed E-state index contributed by atoms with van der Waals surface area (Å²) < 4.78 is 6.53. The van der Waals surface area contributed by atoms with E-state index in [4.69, 9.17) is 16.3 Å². The van der Waals surface area contributed by atoms with Gasteiger partial charge >= 0.3 is 5.97 Å². The molecule has 0 aliphatic carbocycles. The number of carbonyl (C=O) groups is 3. The number of rotatable bonds is 10. The quantitative estimate of drug-likeness (QED) is 0.293. The number of carbonyl (C=O) groups excluding carboxylic acids is 3. The summed E-state index contributed by atoms with van der Waals surface area (Å²) >= 11 is 7.39. The van der Waals surface area contributed by atoms with E-state index in [2.05, 4.69) is 34.7 Å². The lowest BCUT2D eigenvalue weighted by Crippen LogP contribution is -2.31. The third-order valence-electron chi connectivity index (χ3n) is 5.25. The second-order valence-corrected chi connectivity index (χ2v) is 9.76. The summed E-state index contributed by atoms with van der Waals surface area (Å²) in [6.45, 7) is 4.11. The highest BCUT2D eigenvalue weighted by Gasteiger charge is 2.24. The van der Waals surface area contributed by atoms with Crippen LogP contribution < -0.4 is 10.6 Å². The Bertz CT molecular complexity index is 1250. The van der Waals surface area contributed by atoms with Gasteiger partial charge in [0.05, 0.1) is 40.7 Å². The van der Waals surface area contributed by atoms with Gasteiger partial charge in [-0.05, 0) is 36.6 Å². The molecule has 2 aromatic carbocycles. The Morgan fingerprint density at radius 3 is 2.39 bits per heavy atom. The predicted octanol–water partition coefficient (Wildman–Crippen LogP) is 4.50. The van der Waals surface area contributed by atoms with Crippen LogP contribution in [0, 0.1) is 5.92 Å². The van der Waals surface area contributed by atoms with Crippen molar-refractivity contribution >= 4 is 46.8 Å². The van der Waals surface area contributed by atoms with Crippen LogP contribution in [0.5, 0.6) is 0 Å². The average Bonchev–Trinajstić information content (AvgIpc) is 3.22. The van der Waals surface area contributed by atoms with Crippen molar-refractivity contribution in [3.63, 3.8) is 0 Å². The van der Waals surface area contributed by atoms with Crippen LogP contribution in [-0.4, -0.2) is 45.4 Å². The molecule has 190 valence electrons. The molecule has 1 atom stereocenters. The van der Waals surface area contributed by atoms with E-state index < -0.39 is 12.0 Å². The van der Waals surface area contributed by atoms with Crippen molar-refractivity contribution in [2.45, 2.75) is 31.5 Å². The second kappa shape index (κ2) is 12.5. The summed E-state index contributed by atoms with van der Waals surface area (Å²) in [6.07, 6.45) is 0.637. The van der Waals surface area contributed by atoms with Crippen molar-refractivity contribution in [2.75, 3.05) is 18.2 Å². The van der Waals surface area contributed by atoms with Crippen molar-refractivity contribution < 1.29 is 19.1 Å². The van der Waals surface area contributed by atoms with E-state index in [9.17, 15) is 14.4 Å². The number of ether oxygens (including phenoxy) is 1. The fourth-order valence-corrected chi connectivity index (χ4v) is 4.47. The van der Waals surface area contributed by atoms with Gasteiger partial charge in [-0.1, -0.05) is 61.5 Å². The molecule has 2 amide bonds. The summed E-state index contributed by atoms with van der Waals surface area (Å²) in [5.41, 5.74) is 1.02. The van der Waals surface area contributed by atoms with Gasteiger partial charge in [0, 0.05) is 7.05 Å². The van der Waals surface area contributed by atoms with Crippen LogP contribution in [0.3, 0.4) is 0 Å². The lowest BCUT2D eigenvalue weighted by atomic mass is 10.0. The molecule has 11 heteroatoms. The van der Waals surface area contributed by atoms with Gasteiger partial charge in [0.15, 0.2) is 11.0 Å². The molecule has 2 N–H and O–H groups in total. The second-order valence-electron chi connectivity index (χ2n) is 8.41. The van der Waals surface area contributed by atoms with E-state index in [1.165, 1.54) is 18.9 Å². The van der Waals surface area contributed by atoms with Crippen molar-refractivity contribution in [1.82, 2.24) is 20.1 Å². The Morgan fingerprint density at radius 1 is 1.06 bits per heavy atom. The van der Waals surface area contributed by atoms with Crippen LogP contribution in [0.2, 0.25) is 5.02 Å². The van der Waals surface area contributed by atoms with Crippen molar-refractivity contribution in [1.29, 1.82) is 0 Å². The maximum atomic E-state index is 12.9. The zero-order valence-electron chi connectivity index (χ0n) is 20.4. The van der Waals surface area contributed by atoms with Crippen LogP contribution in [0.25, 0.3) is 0 Å². The van der Waals surface area contributed by atoms with Crippen molar-refractivity contribution in [3.05, 3.63) is 70.5 Å². The number of halogens is 1. The first-order valence-electron chi connectivity index (χ1n) is 11.3. The number of amides is 2. The highest BCUT2D eigenvalue weighted by molar-refractivity contribution is 7.99. The molecule has 1 heterocycles. The van der Waals surface area contributed by atoms with E-state index in [0.29, 0.717) is 33.7 Å². The van der Waals surface area contributed by atoms with Crippen molar-refractivity contribution in [3.8, 4) is 0 Å². The molecule has 3 rings (SSSR count). The van der Waals surface area contributed by atoms with Crippen LogP contribution >= 0.6 is 23.4 Å². The van der Waals surface area contributed by atoms with Gasteiger partial charge in [0.25, 0.3) is 5.91 Å². The Labute approximate surface area is 219 Å². The fourth-order valence-electron chi connectivity index (χ4n) is 3.53. The Balaban J connectivity index is 1.70. The minimum Gasteiger partial charge on any atom is -0.465 e. The number of thioether (sulfide) groups is 1. The lowest BCUT2D eigenvalue weighted by Gasteiger charge is -2.20. The highest BCUT2D eigenvalue weighted by Crippen LogP contribution is 2.25. The van der Waals surface area contributed by atoms with E-state index in [0.717, 1.165) is 0 Å². The number of hydrogen-bond donors (Lipinski definition) is 2. The molecule has 3 aromatic rings. The molecule has 0 bridgehead atoms. The first kappa shape index (κ1) is 27.2. The lowest BCUT2D eigenvalue weighted by molar-refractivity contribution is -0.113. The number of hydrogen-bond acceptors (Lipinski definition) is 7. The molecule has 0 saturated heterocycles.